The molecule has 1 fully saturated rings. The maximum Gasteiger partial charge on any atom is 0.206 e. The fourth-order valence-electron chi connectivity index (χ4n) is 2.11. The number of nitrogens with one attached hydrogen (secondary N) is 4. The lowest BCUT2D eigenvalue weighted by Crippen LogP contribution is -2.25. The maximum absolute atomic E-state index is 6.85. The van der Waals surface area contributed by atoms with Gasteiger partial charge in [-0.15, -0.1) is 0 Å². The van der Waals surface area contributed by atoms with Crippen molar-refractivity contribution in [2.75, 3.05) is 18.8 Å². The fraction of sp³-hybridized carbons (Fsp3) is 0.118. The van der Waals surface area contributed by atoms with Crippen LogP contribution in [0.25, 0.3) is 0 Å². The van der Waals surface area contributed by atoms with E-state index in [9.17, 15) is 0 Å². The molecule has 1 aliphatic rings. The van der Waals surface area contributed by atoms with E-state index >= 15 is 0 Å². The molecule has 154 valence electrons. The third-order valence-electron chi connectivity index (χ3n) is 3.35. The van der Waals surface area contributed by atoms with E-state index in [4.69, 9.17) is 63.3 Å². The van der Waals surface area contributed by atoms with Crippen LogP contribution in [0.3, 0.4) is 0 Å². The van der Waals surface area contributed by atoms with Crippen LogP contribution >= 0.6 is 46.4 Å². The Hall–Kier alpha value is -2.39. The molecule has 1 saturated heterocycles. The summed E-state index contributed by atoms with van der Waals surface area (Å²) < 4.78 is 0. The topological polar surface area (TPSA) is 137 Å². The first-order chi connectivity index (χ1) is 13.8. The van der Waals surface area contributed by atoms with Crippen molar-refractivity contribution in [1.29, 1.82) is 5.41 Å². The molecule has 1 aliphatic heterocycles. The van der Waals surface area contributed by atoms with Gasteiger partial charge in [0.05, 0.1) is 26.3 Å². The minimum Gasteiger partial charge on any atom is -0.399 e. The summed E-state index contributed by atoms with van der Waals surface area (Å²) in [6.07, 6.45) is 1.41. The highest BCUT2D eigenvalue weighted by Crippen LogP contribution is 2.35. The van der Waals surface area contributed by atoms with E-state index in [-0.39, 0.29) is 5.96 Å². The Morgan fingerprint density at radius 3 is 2.10 bits per heavy atom. The number of guanidine groups is 2. The normalized spacial score (nSPS) is 12.6. The van der Waals surface area contributed by atoms with Crippen LogP contribution in [0.2, 0.25) is 20.1 Å². The highest BCUT2D eigenvalue weighted by atomic mass is 35.5. The molecular weight excluding hydrogens is 458 g/mol. The van der Waals surface area contributed by atoms with Gasteiger partial charge in [0.15, 0.2) is 5.96 Å². The van der Waals surface area contributed by atoms with Gasteiger partial charge >= 0.3 is 0 Å². The van der Waals surface area contributed by atoms with Crippen LogP contribution in [0, 0.1) is 5.41 Å². The average molecular weight is 476 g/mol. The minimum absolute atomic E-state index is 0.246. The van der Waals surface area contributed by atoms with Crippen LogP contribution < -0.4 is 27.5 Å². The molecule has 0 saturated carbocycles. The number of benzene rings is 2. The van der Waals surface area contributed by atoms with Gasteiger partial charge in [0.25, 0.3) is 0 Å². The third kappa shape index (κ3) is 7.17. The number of nitrogen functional groups attached to an aromatic ring is 1. The van der Waals surface area contributed by atoms with Gasteiger partial charge in [0, 0.05) is 24.3 Å². The lowest BCUT2D eigenvalue weighted by Gasteiger charge is -2.05. The minimum atomic E-state index is -0.246. The summed E-state index contributed by atoms with van der Waals surface area (Å²) in [5, 5.41) is 18.5. The third-order valence-corrected chi connectivity index (χ3v) is 4.59. The molecule has 12 heteroatoms. The number of halogens is 4. The number of rotatable bonds is 3. The molecule has 29 heavy (non-hydrogen) atoms. The summed E-state index contributed by atoms with van der Waals surface area (Å²) in [7, 11) is 0. The Kier molecular flexibility index (Phi) is 8.66. The lowest BCUT2D eigenvalue weighted by molar-refractivity contribution is 0.942. The molecular formula is C17H18Cl4N8. The monoisotopic (exact) mass is 474 g/mol. The number of hydrogen-bond donors (Lipinski definition) is 6. The van der Waals surface area contributed by atoms with E-state index < -0.39 is 0 Å². The highest BCUT2D eigenvalue weighted by molar-refractivity contribution is 6.39. The number of aliphatic imine (C=N–C) groups is 1. The van der Waals surface area contributed by atoms with Crippen LogP contribution in [-0.2, 0) is 0 Å². The molecule has 8 nitrogen and oxygen atoms in total. The molecule has 3 rings (SSSR count). The van der Waals surface area contributed by atoms with Gasteiger partial charge in [-0.05, 0) is 24.3 Å². The first kappa shape index (κ1) is 22.9. The Morgan fingerprint density at radius 1 is 1.03 bits per heavy atom. The maximum atomic E-state index is 6.85. The van der Waals surface area contributed by atoms with Crippen molar-refractivity contribution >= 4 is 75.9 Å². The smallest absolute Gasteiger partial charge is 0.206 e. The first-order valence-electron chi connectivity index (χ1n) is 8.16. The second-order valence-corrected chi connectivity index (χ2v) is 7.19. The van der Waals surface area contributed by atoms with Gasteiger partial charge in [0.2, 0.25) is 5.96 Å². The lowest BCUT2D eigenvalue weighted by atomic mass is 10.2. The summed E-state index contributed by atoms with van der Waals surface area (Å²) >= 11 is 23.7. The molecule has 0 radical (unpaired) electrons. The zero-order valence-electron chi connectivity index (χ0n) is 14.9. The van der Waals surface area contributed by atoms with Crippen molar-refractivity contribution in [3.8, 4) is 0 Å². The Labute approximate surface area is 187 Å². The van der Waals surface area contributed by atoms with Crippen molar-refractivity contribution in [2.45, 2.75) is 0 Å². The van der Waals surface area contributed by atoms with Gasteiger partial charge < -0.3 is 22.1 Å². The molecule has 8 N–H and O–H groups in total. The molecule has 0 unspecified atom stereocenters. The van der Waals surface area contributed by atoms with E-state index in [0.717, 1.165) is 13.1 Å². The van der Waals surface area contributed by atoms with Gasteiger partial charge in [-0.25, -0.2) is 10.4 Å². The zero-order chi connectivity index (χ0) is 21.4. The van der Waals surface area contributed by atoms with Crippen molar-refractivity contribution in [3.63, 3.8) is 0 Å². The molecule has 0 amide bonds. The Balaban J connectivity index is 0.000000208. The van der Waals surface area contributed by atoms with Gasteiger partial charge in [-0.1, -0.05) is 52.5 Å². The highest BCUT2D eigenvalue weighted by Gasteiger charge is 2.10. The van der Waals surface area contributed by atoms with E-state index in [1.54, 1.807) is 30.3 Å². The molecule has 2 aromatic rings. The molecule has 0 aromatic heterocycles. The van der Waals surface area contributed by atoms with E-state index in [0.29, 0.717) is 43.0 Å². The summed E-state index contributed by atoms with van der Waals surface area (Å²) in [5.41, 5.74) is 14.5. The van der Waals surface area contributed by atoms with E-state index in [2.05, 4.69) is 26.2 Å². The summed E-state index contributed by atoms with van der Waals surface area (Å²) in [6.45, 7) is 1.70. The number of nitrogens with zero attached hydrogens (tertiary/aromatic N) is 2. The van der Waals surface area contributed by atoms with Crippen LogP contribution in [-0.4, -0.2) is 31.2 Å². The number of nitrogens with two attached hydrogens (primary N) is 2. The predicted octanol–water partition coefficient (Wildman–Crippen LogP) is 3.57. The Morgan fingerprint density at radius 2 is 1.59 bits per heavy atom. The second kappa shape index (κ2) is 11.0. The van der Waals surface area contributed by atoms with Gasteiger partial charge in [-0.3, -0.25) is 5.41 Å². The summed E-state index contributed by atoms with van der Waals surface area (Å²) in [4.78, 5) is 4.27. The average Bonchev–Trinajstić information content (AvgIpc) is 3.14. The first-order valence-corrected chi connectivity index (χ1v) is 9.67. The van der Waals surface area contributed by atoms with E-state index in [1.165, 1.54) is 6.21 Å². The molecule has 0 bridgehead atoms. The SMILES string of the molecule is N=C(N)N/N=C/c1c(Cl)cccc1Cl.Nc1cc(Cl)c(N=C2NCCN2)c(Cl)c1. The quantitative estimate of drug-likeness (QED) is 0.174. The predicted molar refractivity (Wildman–Crippen MR) is 123 cm³/mol. The molecule has 1 heterocycles. The Bertz CT molecular complexity index is 894. The van der Waals surface area contributed by atoms with Crippen molar-refractivity contribution in [1.82, 2.24) is 16.1 Å². The van der Waals surface area contributed by atoms with Gasteiger partial charge in [-0.2, -0.15) is 5.10 Å². The van der Waals surface area contributed by atoms with Crippen molar-refractivity contribution in [3.05, 3.63) is 56.0 Å². The molecule has 0 spiro atoms. The molecule has 0 atom stereocenters. The fourth-order valence-corrected chi connectivity index (χ4v) is 3.19. The summed E-state index contributed by atoms with van der Waals surface area (Å²) in [5.74, 6) is 0.438. The van der Waals surface area contributed by atoms with Crippen molar-refractivity contribution in [2.24, 2.45) is 15.8 Å². The largest absolute Gasteiger partial charge is 0.399 e. The van der Waals surface area contributed by atoms with Gasteiger partial charge in [0.1, 0.15) is 5.69 Å². The molecule has 2 aromatic carbocycles. The zero-order valence-corrected chi connectivity index (χ0v) is 18.0. The van der Waals surface area contributed by atoms with Crippen LogP contribution in [0.1, 0.15) is 5.56 Å². The van der Waals surface area contributed by atoms with Crippen LogP contribution in [0.5, 0.6) is 0 Å². The number of hydrogen-bond acceptors (Lipinski definition) is 4. The van der Waals surface area contributed by atoms with Crippen LogP contribution in [0.4, 0.5) is 11.4 Å². The van der Waals surface area contributed by atoms with Crippen LogP contribution in [0.15, 0.2) is 40.4 Å². The number of hydrazone groups is 1. The standard InChI is InChI=1S/C9H10Cl2N4.C8H8Cl2N4/c10-6-3-5(12)4-7(11)8(6)15-9-13-1-2-14-9;9-6-2-1-3-7(10)5(6)4-13-14-8(11)12/h3-4H,1-2,12H2,(H2,13,14,15);1-4H,(H4,11,12,14)/b;13-4+. The van der Waals surface area contributed by atoms with E-state index in [1.807, 2.05) is 0 Å². The second-order valence-electron chi connectivity index (χ2n) is 5.57. The summed E-state index contributed by atoms with van der Waals surface area (Å²) in [6, 6.07) is 8.38. The molecule has 0 aliphatic carbocycles. The van der Waals surface area contributed by atoms with Crippen molar-refractivity contribution < 1.29 is 0 Å². The number of anilines is 1.